The Balaban J connectivity index is 1.66. The molecule has 0 spiro atoms. The number of ether oxygens (including phenoxy) is 1. The van der Waals surface area contributed by atoms with Crippen LogP contribution in [0.25, 0.3) is 0 Å². The van der Waals surface area contributed by atoms with E-state index in [4.69, 9.17) is 4.74 Å². The molecule has 6 heteroatoms. The van der Waals surface area contributed by atoms with Crippen LogP contribution in [0.2, 0.25) is 0 Å². The molecule has 1 aliphatic rings. The molecule has 1 N–H and O–H groups in total. The predicted molar refractivity (Wildman–Crippen MR) is 91.6 cm³/mol. The summed E-state index contributed by atoms with van der Waals surface area (Å²) in [6.07, 6.45) is 4.81. The molecule has 1 heterocycles. The van der Waals surface area contributed by atoms with Crippen LogP contribution in [0.4, 0.5) is 5.00 Å². The van der Waals surface area contributed by atoms with Crippen molar-refractivity contribution in [2.24, 2.45) is 0 Å². The van der Waals surface area contributed by atoms with E-state index in [1.54, 1.807) is 24.3 Å². The van der Waals surface area contributed by atoms with Crippen molar-refractivity contribution in [3.05, 3.63) is 45.8 Å². The summed E-state index contributed by atoms with van der Waals surface area (Å²) < 4.78 is 5.41. The first-order valence-electron chi connectivity index (χ1n) is 7.74. The Bertz CT molecular complexity index is 820. The Morgan fingerprint density at radius 1 is 1.38 bits per heavy atom. The van der Waals surface area contributed by atoms with Crippen molar-refractivity contribution in [2.75, 3.05) is 11.9 Å². The van der Waals surface area contributed by atoms with E-state index in [0.717, 1.165) is 37.5 Å². The van der Waals surface area contributed by atoms with Gasteiger partial charge in [-0.3, -0.25) is 9.59 Å². The lowest BCUT2D eigenvalue weighted by molar-refractivity contribution is -0.118. The van der Waals surface area contributed by atoms with Gasteiger partial charge in [0.1, 0.15) is 23.1 Å². The minimum atomic E-state index is -0.318. The van der Waals surface area contributed by atoms with Gasteiger partial charge in [0.2, 0.25) is 0 Å². The van der Waals surface area contributed by atoms with Crippen LogP contribution in [-0.2, 0) is 17.6 Å². The van der Waals surface area contributed by atoms with Gasteiger partial charge < -0.3 is 10.1 Å². The van der Waals surface area contributed by atoms with E-state index in [-0.39, 0.29) is 12.5 Å². The van der Waals surface area contributed by atoms with Gasteiger partial charge in [0, 0.05) is 10.4 Å². The van der Waals surface area contributed by atoms with Crippen LogP contribution < -0.4 is 10.1 Å². The summed E-state index contributed by atoms with van der Waals surface area (Å²) in [6.45, 7) is -0.171. The highest BCUT2D eigenvalue weighted by atomic mass is 32.1. The number of nitrogens with one attached hydrogen (secondary N) is 1. The number of thiophene rings is 1. The van der Waals surface area contributed by atoms with E-state index in [1.807, 2.05) is 0 Å². The van der Waals surface area contributed by atoms with Crippen LogP contribution in [0.1, 0.15) is 39.2 Å². The number of carbonyl (C=O) groups excluding carboxylic acids is 2. The lowest BCUT2D eigenvalue weighted by Crippen LogP contribution is -2.20. The average Bonchev–Trinajstić information content (AvgIpc) is 2.97. The maximum atomic E-state index is 12.1. The molecule has 0 fully saturated rings. The number of carbonyl (C=O) groups is 2. The lowest BCUT2D eigenvalue weighted by Gasteiger charge is -2.09. The molecule has 0 atom stereocenters. The molecular formula is C18H16N2O3S. The average molecular weight is 340 g/mol. The SMILES string of the molecule is N#Cc1c(NC(=O)COc2cccc(C=O)c2)sc2c1CCCC2. The van der Waals surface area contributed by atoms with E-state index >= 15 is 0 Å². The summed E-state index contributed by atoms with van der Waals surface area (Å²) in [5.74, 6) is 0.141. The Morgan fingerprint density at radius 2 is 2.21 bits per heavy atom. The molecular weight excluding hydrogens is 324 g/mol. The van der Waals surface area contributed by atoms with Crippen molar-refractivity contribution in [1.29, 1.82) is 5.26 Å². The van der Waals surface area contributed by atoms with E-state index < -0.39 is 0 Å². The number of aryl methyl sites for hydroxylation is 1. The molecule has 24 heavy (non-hydrogen) atoms. The van der Waals surface area contributed by atoms with E-state index in [1.165, 1.54) is 16.2 Å². The fraction of sp³-hybridized carbons (Fsp3) is 0.278. The number of anilines is 1. The van der Waals surface area contributed by atoms with Gasteiger partial charge in [-0.2, -0.15) is 5.26 Å². The second-order valence-corrected chi connectivity index (χ2v) is 6.66. The molecule has 0 bridgehead atoms. The number of hydrogen-bond acceptors (Lipinski definition) is 5. The molecule has 0 saturated heterocycles. The number of benzene rings is 1. The van der Waals surface area contributed by atoms with Crippen LogP contribution in [0.5, 0.6) is 5.75 Å². The number of fused-ring (bicyclic) bond motifs is 1. The minimum Gasteiger partial charge on any atom is -0.484 e. The largest absolute Gasteiger partial charge is 0.484 e. The minimum absolute atomic E-state index is 0.171. The van der Waals surface area contributed by atoms with Gasteiger partial charge in [-0.15, -0.1) is 11.3 Å². The third-order valence-electron chi connectivity index (χ3n) is 3.90. The van der Waals surface area contributed by atoms with Crippen molar-refractivity contribution in [2.45, 2.75) is 25.7 Å². The Labute approximate surface area is 143 Å². The van der Waals surface area contributed by atoms with Gasteiger partial charge in [-0.05, 0) is 43.4 Å². The Morgan fingerprint density at radius 3 is 3.00 bits per heavy atom. The third-order valence-corrected chi connectivity index (χ3v) is 5.11. The molecule has 5 nitrogen and oxygen atoms in total. The number of amides is 1. The van der Waals surface area contributed by atoms with E-state index in [0.29, 0.717) is 21.9 Å². The first-order valence-corrected chi connectivity index (χ1v) is 8.55. The molecule has 1 aromatic heterocycles. The summed E-state index contributed by atoms with van der Waals surface area (Å²) in [5, 5.41) is 12.8. The van der Waals surface area contributed by atoms with Crippen molar-refractivity contribution >= 4 is 28.5 Å². The highest BCUT2D eigenvalue weighted by Gasteiger charge is 2.21. The number of hydrogen-bond donors (Lipinski definition) is 1. The van der Waals surface area contributed by atoms with Crippen molar-refractivity contribution in [3.63, 3.8) is 0 Å². The second-order valence-electron chi connectivity index (χ2n) is 5.55. The number of nitrogens with zero attached hydrogens (tertiary/aromatic N) is 1. The molecule has 0 saturated carbocycles. The van der Waals surface area contributed by atoms with Gasteiger partial charge in [0.25, 0.3) is 5.91 Å². The highest BCUT2D eigenvalue weighted by Crippen LogP contribution is 2.37. The summed E-state index contributed by atoms with van der Waals surface area (Å²) in [4.78, 5) is 24.1. The molecule has 1 amide bonds. The fourth-order valence-electron chi connectivity index (χ4n) is 2.76. The van der Waals surface area contributed by atoms with Gasteiger partial charge in [0.05, 0.1) is 5.56 Å². The zero-order valence-corrected chi connectivity index (χ0v) is 13.8. The topological polar surface area (TPSA) is 79.2 Å². The first-order chi connectivity index (χ1) is 11.7. The van der Waals surface area contributed by atoms with Crippen LogP contribution in [0, 0.1) is 11.3 Å². The summed E-state index contributed by atoms with van der Waals surface area (Å²) >= 11 is 1.49. The zero-order valence-electron chi connectivity index (χ0n) is 13.0. The van der Waals surface area contributed by atoms with Crippen LogP contribution >= 0.6 is 11.3 Å². The van der Waals surface area contributed by atoms with Gasteiger partial charge in [-0.25, -0.2) is 0 Å². The van der Waals surface area contributed by atoms with E-state index in [2.05, 4.69) is 11.4 Å². The maximum Gasteiger partial charge on any atom is 0.262 e. The maximum absolute atomic E-state index is 12.1. The van der Waals surface area contributed by atoms with Crippen molar-refractivity contribution in [1.82, 2.24) is 0 Å². The normalized spacial score (nSPS) is 12.8. The third kappa shape index (κ3) is 3.47. The number of nitriles is 1. The Hall–Kier alpha value is -2.65. The number of rotatable bonds is 5. The van der Waals surface area contributed by atoms with Crippen LogP contribution in [-0.4, -0.2) is 18.8 Å². The quantitative estimate of drug-likeness (QED) is 0.847. The van der Waals surface area contributed by atoms with Crippen molar-refractivity contribution < 1.29 is 14.3 Å². The highest BCUT2D eigenvalue weighted by molar-refractivity contribution is 7.16. The van der Waals surface area contributed by atoms with Crippen LogP contribution in [0.15, 0.2) is 24.3 Å². The monoisotopic (exact) mass is 340 g/mol. The molecule has 3 rings (SSSR count). The standard InChI is InChI=1S/C18H16N2O3S/c19-9-15-14-6-1-2-7-16(14)24-18(15)20-17(22)11-23-13-5-3-4-12(8-13)10-21/h3-5,8,10H,1-2,6-7,11H2,(H,20,22). The molecule has 122 valence electrons. The molecule has 1 aromatic carbocycles. The lowest BCUT2D eigenvalue weighted by atomic mass is 9.96. The smallest absolute Gasteiger partial charge is 0.262 e. The van der Waals surface area contributed by atoms with Gasteiger partial charge in [0.15, 0.2) is 6.61 Å². The summed E-state index contributed by atoms with van der Waals surface area (Å²) in [5.41, 5.74) is 2.17. The fourth-order valence-corrected chi connectivity index (χ4v) is 4.02. The van der Waals surface area contributed by atoms with Gasteiger partial charge in [-0.1, -0.05) is 12.1 Å². The summed E-state index contributed by atoms with van der Waals surface area (Å²) in [7, 11) is 0. The Kier molecular flexibility index (Phi) is 4.92. The molecule has 2 aromatic rings. The molecule has 1 aliphatic carbocycles. The first kappa shape index (κ1) is 16.2. The number of aldehydes is 1. The van der Waals surface area contributed by atoms with Crippen molar-refractivity contribution in [3.8, 4) is 11.8 Å². The molecule has 0 unspecified atom stereocenters. The van der Waals surface area contributed by atoms with Crippen LogP contribution in [0.3, 0.4) is 0 Å². The predicted octanol–water partition coefficient (Wildman–Crippen LogP) is 3.33. The molecule has 0 radical (unpaired) electrons. The zero-order chi connectivity index (χ0) is 16.9. The molecule has 0 aliphatic heterocycles. The van der Waals surface area contributed by atoms with E-state index in [9.17, 15) is 14.9 Å². The second kappa shape index (κ2) is 7.28. The van der Waals surface area contributed by atoms with Gasteiger partial charge >= 0.3 is 0 Å². The summed E-state index contributed by atoms with van der Waals surface area (Å²) in [6, 6.07) is 8.83.